The van der Waals surface area contributed by atoms with Crippen LogP contribution in [0.2, 0.25) is 0 Å². The Morgan fingerprint density at radius 2 is 1.70 bits per heavy atom. The second-order valence-electron chi connectivity index (χ2n) is 6.66. The Bertz CT molecular complexity index is 961. The minimum absolute atomic E-state index is 0.0143. The number of hydrogen-bond acceptors (Lipinski definition) is 4. The molecule has 0 saturated carbocycles. The summed E-state index contributed by atoms with van der Waals surface area (Å²) >= 11 is 0. The standard InChI is InChI=1S/C21H20N4O2/c26-20(18-5-1-3-15-4-2-10-23-19(15)18)24-17-8-13-25(14-9-17)21(27)16-6-11-22-12-7-16/h1-7,10-12,17H,8-9,13-14H2,(H,24,26). The van der Waals surface area contributed by atoms with Crippen molar-refractivity contribution in [3.8, 4) is 0 Å². The van der Waals surface area contributed by atoms with Crippen molar-refractivity contribution < 1.29 is 9.59 Å². The van der Waals surface area contributed by atoms with E-state index in [0.717, 1.165) is 18.2 Å². The fraction of sp³-hybridized carbons (Fsp3) is 0.238. The van der Waals surface area contributed by atoms with E-state index >= 15 is 0 Å². The Morgan fingerprint density at radius 3 is 2.48 bits per heavy atom. The molecule has 0 spiro atoms. The summed E-state index contributed by atoms with van der Waals surface area (Å²) < 4.78 is 0. The van der Waals surface area contributed by atoms with E-state index in [-0.39, 0.29) is 17.9 Å². The van der Waals surface area contributed by atoms with Crippen LogP contribution in [0.3, 0.4) is 0 Å². The first-order chi connectivity index (χ1) is 13.2. The lowest BCUT2D eigenvalue weighted by Crippen LogP contribution is -2.46. The summed E-state index contributed by atoms with van der Waals surface area (Å²) in [5.74, 6) is -0.0985. The number of carbonyl (C=O) groups is 2. The van der Waals surface area contributed by atoms with Crippen LogP contribution in [0.15, 0.2) is 61.1 Å². The van der Waals surface area contributed by atoms with E-state index in [2.05, 4.69) is 15.3 Å². The SMILES string of the molecule is O=C(NC1CCN(C(=O)c2ccncc2)CC1)c1cccc2cccnc12. The van der Waals surface area contributed by atoms with E-state index in [1.54, 1.807) is 36.8 Å². The zero-order chi connectivity index (χ0) is 18.6. The topological polar surface area (TPSA) is 75.2 Å². The molecule has 136 valence electrons. The van der Waals surface area contributed by atoms with Gasteiger partial charge in [0.05, 0.1) is 11.1 Å². The van der Waals surface area contributed by atoms with Gasteiger partial charge in [-0.2, -0.15) is 0 Å². The third-order valence-electron chi connectivity index (χ3n) is 4.92. The molecule has 0 bridgehead atoms. The van der Waals surface area contributed by atoms with Crippen LogP contribution in [0, 0.1) is 0 Å². The first kappa shape index (κ1) is 17.1. The van der Waals surface area contributed by atoms with Crippen LogP contribution in [0.4, 0.5) is 0 Å². The molecular formula is C21H20N4O2. The maximum absolute atomic E-state index is 12.7. The van der Waals surface area contributed by atoms with Crippen molar-refractivity contribution >= 4 is 22.7 Å². The molecule has 1 fully saturated rings. The second kappa shape index (κ2) is 7.53. The third-order valence-corrected chi connectivity index (χ3v) is 4.92. The minimum atomic E-state index is -0.113. The number of carbonyl (C=O) groups excluding carboxylic acids is 2. The molecule has 1 aliphatic heterocycles. The molecular weight excluding hydrogens is 340 g/mol. The number of rotatable bonds is 3. The monoisotopic (exact) mass is 360 g/mol. The van der Waals surface area contributed by atoms with Gasteiger partial charge in [-0.3, -0.25) is 19.6 Å². The van der Waals surface area contributed by atoms with Gasteiger partial charge >= 0.3 is 0 Å². The number of nitrogens with one attached hydrogen (secondary N) is 1. The largest absolute Gasteiger partial charge is 0.349 e. The summed E-state index contributed by atoms with van der Waals surface area (Å²) in [5.41, 5.74) is 1.94. The Balaban J connectivity index is 1.39. The Kier molecular flexibility index (Phi) is 4.78. The van der Waals surface area contributed by atoms with Gasteiger partial charge in [0, 0.05) is 48.7 Å². The molecule has 2 amide bonds. The van der Waals surface area contributed by atoms with Crippen molar-refractivity contribution in [3.05, 3.63) is 72.2 Å². The predicted octanol–water partition coefficient (Wildman–Crippen LogP) is 2.66. The van der Waals surface area contributed by atoms with Gasteiger partial charge < -0.3 is 10.2 Å². The lowest BCUT2D eigenvalue weighted by molar-refractivity contribution is 0.0698. The van der Waals surface area contributed by atoms with Gasteiger partial charge in [-0.05, 0) is 37.1 Å². The fourth-order valence-electron chi connectivity index (χ4n) is 3.45. The molecule has 0 unspecified atom stereocenters. The highest BCUT2D eigenvalue weighted by atomic mass is 16.2. The van der Waals surface area contributed by atoms with Gasteiger partial charge in [-0.1, -0.05) is 18.2 Å². The number of benzene rings is 1. The third kappa shape index (κ3) is 3.65. The molecule has 4 rings (SSSR count). The number of pyridine rings is 2. The number of piperidine rings is 1. The van der Waals surface area contributed by atoms with E-state index in [1.807, 2.05) is 29.2 Å². The van der Waals surface area contributed by atoms with Crippen LogP contribution in [0.25, 0.3) is 10.9 Å². The lowest BCUT2D eigenvalue weighted by Gasteiger charge is -2.32. The molecule has 0 atom stereocenters. The molecule has 1 aliphatic rings. The molecule has 1 saturated heterocycles. The molecule has 0 radical (unpaired) electrons. The summed E-state index contributed by atoms with van der Waals surface area (Å²) in [5, 5.41) is 4.05. The summed E-state index contributed by atoms with van der Waals surface area (Å²) in [7, 11) is 0. The van der Waals surface area contributed by atoms with E-state index in [4.69, 9.17) is 0 Å². The van der Waals surface area contributed by atoms with E-state index < -0.39 is 0 Å². The van der Waals surface area contributed by atoms with Crippen LogP contribution in [-0.4, -0.2) is 45.8 Å². The van der Waals surface area contributed by atoms with E-state index in [9.17, 15) is 9.59 Å². The maximum atomic E-state index is 12.7. The summed E-state index contributed by atoms with van der Waals surface area (Å²) in [6.07, 6.45) is 6.42. The number of fused-ring (bicyclic) bond motifs is 1. The average Bonchev–Trinajstić information content (AvgIpc) is 2.74. The molecule has 6 nitrogen and oxygen atoms in total. The van der Waals surface area contributed by atoms with E-state index in [0.29, 0.717) is 29.7 Å². The molecule has 6 heteroatoms. The number of hydrogen-bond donors (Lipinski definition) is 1. The number of para-hydroxylation sites is 1. The van der Waals surface area contributed by atoms with Crippen LogP contribution in [-0.2, 0) is 0 Å². The van der Waals surface area contributed by atoms with Gasteiger partial charge in [0.1, 0.15) is 0 Å². The van der Waals surface area contributed by atoms with Gasteiger partial charge in [-0.15, -0.1) is 0 Å². The van der Waals surface area contributed by atoms with E-state index in [1.165, 1.54) is 0 Å². The number of likely N-dealkylation sites (tertiary alicyclic amines) is 1. The summed E-state index contributed by atoms with van der Waals surface area (Å²) in [6.45, 7) is 1.25. The van der Waals surface area contributed by atoms with Crippen molar-refractivity contribution in [3.63, 3.8) is 0 Å². The Morgan fingerprint density at radius 1 is 0.963 bits per heavy atom. The van der Waals surface area contributed by atoms with Crippen molar-refractivity contribution in [2.75, 3.05) is 13.1 Å². The van der Waals surface area contributed by atoms with Crippen molar-refractivity contribution in [1.29, 1.82) is 0 Å². The Hall–Kier alpha value is -3.28. The highest BCUT2D eigenvalue weighted by Crippen LogP contribution is 2.18. The molecule has 3 heterocycles. The highest BCUT2D eigenvalue weighted by molar-refractivity contribution is 6.05. The predicted molar refractivity (Wildman–Crippen MR) is 102 cm³/mol. The number of nitrogens with zero attached hydrogens (tertiary/aromatic N) is 3. The zero-order valence-electron chi connectivity index (χ0n) is 14.8. The number of amides is 2. The van der Waals surface area contributed by atoms with Crippen molar-refractivity contribution in [1.82, 2.24) is 20.2 Å². The quantitative estimate of drug-likeness (QED) is 0.779. The number of aromatic nitrogens is 2. The zero-order valence-corrected chi connectivity index (χ0v) is 14.8. The maximum Gasteiger partial charge on any atom is 0.253 e. The highest BCUT2D eigenvalue weighted by Gasteiger charge is 2.25. The smallest absolute Gasteiger partial charge is 0.253 e. The van der Waals surface area contributed by atoms with Crippen molar-refractivity contribution in [2.45, 2.75) is 18.9 Å². The summed E-state index contributed by atoms with van der Waals surface area (Å²) in [6, 6.07) is 12.9. The fourth-order valence-corrected chi connectivity index (χ4v) is 3.45. The van der Waals surface area contributed by atoms with Crippen LogP contribution in [0.5, 0.6) is 0 Å². The van der Waals surface area contributed by atoms with Gasteiger partial charge in [0.2, 0.25) is 0 Å². The Labute approximate surface area is 157 Å². The minimum Gasteiger partial charge on any atom is -0.349 e. The molecule has 27 heavy (non-hydrogen) atoms. The normalized spacial score (nSPS) is 14.9. The van der Waals surface area contributed by atoms with Crippen LogP contribution in [0.1, 0.15) is 33.6 Å². The second-order valence-corrected chi connectivity index (χ2v) is 6.66. The molecule has 3 aromatic rings. The summed E-state index contributed by atoms with van der Waals surface area (Å²) in [4.78, 5) is 35.3. The van der Waals surface area contributed by atoms with Gasteiger partial charge in [-0.25, -0.2) is 0 Å². The lowest BCUT2D eigenvalue weighted by atomic mass is 10.0. The van der Waals surface area contributed by atoms with Crippen LogP contribution < -0.4 is 5.32 Å². The molecule has 0 aliphatic carbocycles. The first-order valence-corrected chi connectivity index (χ1v) is 9.06. The van der Waals surface area contributed by atoms with Crippen molar-refractivity contribution in [2.24, 2.45) is 0 Å². The van der Waals surface area contributed by atoms with Gasteiger partial charge in [0.15, 0.2) is 0 Å². The van der Waals surface area contributed by atoms with Gasteiger partial charge in [0.25, 0.3) is 11.8 Å². The molecule has 1 aromatic carbocycles. The first-order valence-electron chi connectivity index (χ1n) is 9.06. The molecule has 2 aromatic heterocycles. The average molecular weight is 360 g/mol. The molecule has 1 N–H and O–H groups in total. The van der Waals surface area contributed by atoms with Crippen LogP contribution >= 0.6 is 0 Å².